The monoisotopic (exact) mass is 529 g/mol. The summed E-state index contributed by atoms with van der Waals surface area (Å²) in [7, 11) is 0. The second kappa shape index (κ2) is 10.2. The predicted molar refractivity (Wildman–Crippen MR) is 132 cm³/mol. The van der Waals surface area contributed by atoms with Gasteiger partial charge in [0, 0.05) is 53.4 Å². The Hall–Kier alpha value is -4.26. The minimum absolute atomic E-state index is 0.124. The molecule has 4 aromatic heterocycles. The Morgan fingerprint density at radius 3 is 2.55 bits per heavy atom. The van der Waals surface area contributed by atoms with Crippen LogP contribution in [0.5, 0.6) is 0 Å². The number of nitrogens with two attached hydrogens (primary N) is 1. The molecule has 4 rings (SSSR count). The molecule has 0 aliphatic rings. The van der Waals surface area contributed by atoms with E-state index in [4.69, 9.17) is 10.2 Å². The lowest BCUT2D eigenvalue weighted by Gasteiger charge is -2.32. The first-order valence-corrected chi connectivity index (χ1v) is 11.6. The molecule has 2 amide bonds. The van der Waals surface area contributed by atoms with Gasteiger partial charge in [-0.1, -0.05) is 13.8 Å². The molecule has 0 saturated heterocycles. The predicted octanol–water partition coefficient (Wildman–Crippen LogP) is 3.34. The number of nitrogens with one attached hydrogen (secondary N) is 3. The summed E-state index contributed by atoms with van der Waals surface area (Å²) in [6.45, 7) is 3.64. The van der Waals surface area contributed by atoms with Gasteiger partial charge in [-0.25, -0.2) is 9.97 Å². The van der Waals surface area contributed by atoms with Gasteiger partial charge in [0.1, 0.15) is 17.7 Å². The fourth-order valence-corrected chi connectivity index (χ4v) is 4.03. The van der Waals surface area contributed by atoms with E-state index in [1.165, 1.54) is 12.6 Å². The Kier molecular flexibility index (Phi) is 7.22. The molecule has 4 aromatic rings. The van der Waals surface area contributed by atoms with Crippen LogP contribution in [0.2, 0.25) is 0 Å². The molecule has 5 N–H and O–H groups in total. The van der Waals surface area contributed by atoms with E-state index in [1.54, 1.807) is 45.4 Å². The molecule has 0 bridgehead atoms. The van der Waals surface area contributed by atoms with Crippen molar-refractivity contribution in [2.75, 3.05) is 6.54 Å². The first kappa shape index (κ1) is 26.8. The number of aromatic amines is 1. The van der Waals surface area contributed by atoms with Crippen molar-refractivity contribution in [3.63, 3.8) is 0 Å². The number of aromatic nitrogens is 4. The topological polar surface area (TPSA) is 152 Å². The van der Waals surface area contributed by atoms with E-state index in [9.17, 15) is 22.8 Å². The Bertz CT molecular complexity index is 1480. The van der Waals surface area contributed by atoms with Crippen LogP contribution in [0.3, 0.4) is 0 Å². The summed E-state index contributed by atoms with van der Waals surface area (Å²) in [6.07, 6.45) is 2.87. The van der Waals surface area contributed by atoms with Crippen molar-refractivity contribution in [3.8, 4) is 11.1 Å². The summed E-state index contributed by atoms with van der Waals surface area (Å²) in [5.41, 5.74) is 7.93. The maximum Gasteiger partial charge on any atom is 0.405 e. The number of pyridine rings is 2. The number of amides is 2. The van der Waals surface area contributed by atoms with Crippen molar-refractivity contribution >= 4 is 22.8 Å². The van der Waals surface area contributed by atoms with Gasteiger partial charge in [-0.15, -0.1) is 0 Å². The Morgan fingerprint density at radius 1 is 1.13 bits per heavy atom. The van der Waals surface area contributed by atoms with Crippen LogP contribution in [0.25, 0.3) is 22.2 Å². The van der Waals surface area contributed by atoms with E-state index in [-0.39, 0.29) is 17.9 Å². The number of rotatable bonds is 8. The number of hydrogen-bond donors (Lipinski definition) is 4. The highest BCUT2D eigenvalue weighted by atomic mass is 19.4. The van der Waals surface area contributed by atoms with Gasteiger partial charge in [-0.2, -0.15) is 13.2 Å². The zero-order valence-corrected chi connectivity index (χ0v) is 20.8. The van der Waals surface area contributed by atoms with Crippen LogP contribution < -0.4 is 16.4 Å². The minimum atomic E-state index is -4.57. The quantitative estimate of drug-likeness (QED) is 0.273. The van der Waals surface area contributed by atoms with Crippen LogP contribution in [0.4, 0.5) is 13.2 Å². The number of carbonyl (C=O) groups excluding carboxylic acids is 2. The summed E-state index contributed by atoms with van der Waals surface area (Å²) < 4.78 is 43.3. The van der Waals surface area contributed by atoms with Gasteiger partial charge in [-0.3, -0.25) is 14.6 Å². The first-order valence-electron chi connectivity index (χ1n) is 11.6. The van der Waals surface area contributed by atoms with Gasteiger partial charge in [0.05, 0.1) is 5.69 Å². The minimum Gasteiger partial charge on any atom is -0.438 e. The molecule has 0 aliphatic carbocycles. The zero-order valence-electron chi connectivity index (χ0n) is 20.8. The molecule has 0 fully saturated rings. The Balaban J connectivity index is 1.62. The highest BCUT2D eigenvalue weighted by Gasteiger charge is 2.41. The van der Waals surface area contributed by atoms with Crippen LogP contribution >= 0.6 is 0 Å². The summed E-state index contributed by atoms with van der Waals surface area (Å²) >= 11 is 0. The maximum atomic E-state index is 12.8. The zero-order chi connectivity index (χ0) is 27.7. The van der Waals surface area contributed by atoms with Gasteiger partial charge < -0.3 is 25.8 Å². The second-order valence-electron chi connectivity index (χ2n) is 9.18. The van der Waals surface area contributed by atoms with Crippen molar-refractivity contribution in [2.24, 2.45) is 11.7 Å². The van der Waals surface area contributed by atoms with Crippen molar-refractivity contribution in [1.82, 2.24) is 30.6 Å². The van der Waals surface area contributed by atoms with E-state index in [1.807, 2.05) is 11.4 Å². The number of aryl methyl sites for hydroxylation is 1. The molecule has 38 heavy (non-hydrogen) atoms. The van der Waals surface area contributed by atoms with Crippen LogP contribution in [0.1, 0.15) is 41.2 Å². The molecule has 0 unspecified atom stereocenters. The molecule has 0 saturated carbocycles. The summed E-state index contributed by atoms with van der Waals surface area (Å²) in [6, 6.07) is 3.46. The largest absolute Gasteiger partial charge is 0.438 e. The molecule has 13 heteroatoms. The van der Waals surface area contributed by atoms with E-state index in [2.05, 4.69) is 25.3 Å². The van der Waals surface area contributed by atoms with Crippen LogP contribution in [-0.2, 0) is 16.9 Å². The van der Waals surface area contributed by atoms with E-state index < -0.39 is 36.0 Å². The molecular weight excluding hydrogens is 503 g/mol. The number of hydrogen-bond acceptors (Lipinski definition) is 7. The van der Waals surface area contributed by atoms with E-state index >= 15 is 0 Å². The highest BCUT2D eigenvalue weighted by Crippen LogP contribution is 2.33. The van der Waals surface area contributed by atoms with Gasteiger partial charge in [-0.05, 0) is 30.5 Å². The maximum absolute atomic E-state index is 12.8. The van der Waals surface area contributed by atoms with Crippen molar-refractivity contribution in [2.45, 2.75) is 39.0 Å². The molecule has 0 spiro atoms. The van der Waals surface area contributed by atoms with Crippen LogP contribution in [0.15, 0.2) is 47.7 Å². The van der Waals surface area contributed by atoms with Gasteiger partial charge in [0.25, 0.3) is 5.91 Å². The number of H-pyrrole nitrogens is 1. The van der Waals surface area contributed by atoms with Crippen LogP contribution in [-0.4, -0.2) is 44.5 Å². The number of nitrogens with zero attached hydrogens (tertiary/aromatic N) is 3. The Morgan fingerprint density at radius 2 is 1.89 bits per heavy atom. The fraction of sp³-hybridized carbons (Fsp3) is 0.320. The third-order valence-corrected chi connectivity index (χ3v) is 6.26. The SMILES string of the molecule is Cc1ncoc1C(=O)NCc1cnc2[nH]cc(-c3cncc([C@@](N)(C(=O)NCC(F)(F)F)C(C)C)c3)c2c1. The first-order chi connectivity index (χ1) is 17.9. The third-order valence-electron chi connectivity index (χ3n) is 6.26. The van der Waals surface area contributed by atoms with Gasteiger partial charge in [0.2, 0.25) is 11.7 Å². The number of alkyl halides is 3. The van der Waals surface area contributed by atoms with Gasteiger partial charge in [0.15, 0.2) is 6.39 Å². The van der Waals surface area contributed by atoms with Gasteiger partial charge >= 0.3 is 6.18 Å². The van der Waals surface area contributed by atoms with Crippen molar-refractivity contribution in [1.29, 1.82) is 0 Å². The van der Waals surface area contributed by atoms with Crippen LogP contribution in [0, 0.1) is 12.8 Å². The van der Waals surface area contributed by atoms with E-state index in [0.29, 0.717) is 33.4 Å². The number of oxazole rings is 1. The second-order valence-corrected chi connectivity index (χ2v) is 9.18. The molecule has 0 aromatic carbocycles. The molecule has 10 nitrogen and oxygen atoms in total. The molecule has 1 atom stereocenters. The number of halogens is 3. The average Bonchev–Trinajstić information content (AvgIpc) is 3.50. The highest BCUT2D eigenvalue weighted by molar-refractivity contribution is 5.95. The molecule has 4 heterocycles. The summed E-state index contributed by atoms with van der Waals surface area (Å²) in [5, 5.41) is 5.36. The lowest BCUT2D eigenvalue weighted by atomic mass is 9.80. The van der Waals surface area contributed by atoms with E-state index in [0.717, 1.165) is 0 Å². The smallest absolute Gasteiger partial charge is 0.405 e. The fourth-order valence-electron chi connectivity index (χ4n) is 4.03. The summed E-state index contributed by atoms with van der Waals surface area (Å²) in [4.78, 5) is 40.8. The number of carbonyl (C=O) groups is 2. The molecule has 200 valence electrons. The van der Waals surface area contributed by atoms with Crippen molar-refractivity contribution < 1.29 is 27.2 Å². The molecular formula is C25H26F3N7O3. The summed E-state index contributed by atoms with van der Waals surface area (Å²) in [5.74, 6) is -1.79. The number of fused-ring (bicyclic) bond motifs is 1. The average molecular weight is 530 g/mol. The molecule has 0 radical (unpaired) electrons. The lowest BCUT2D eigenvalue weighted by Crippen LogP contribution is -2.56. The van der Waals surface area contributed by atoms with Crippen molar-refractivity contribution in [3.05, 3.63) is 65.9 Å². The normalized spacial score (nSPS) is 13.5. The third kappa shape index (κ3) is 5.37. The molecule has 0 aliphatic heterocycles. The Labute approximate surface area is 215 Å². The standard InChI is InChI=1S/C25H26F3N7O3/c1-13(2)25(29,23(37)34-11-24(26,27)28)17-5-16(8-30-9-17)19-10-32-21-18(19)4-15(6-31-21)7-33-22(36)20-14(3)35-12-38-20/h4-6,8-10,12-13H,7,11,29H2,1-3H3,(H,31,32)(H,33,36)(H,34,37)/t25-/m1/s1. The lowest BCUT2D eigenvalue weighted by molar-refractivity contribution is -0.143.